The fraction of sp³-hybridized carbons (Fsp3) is 1.00. The van der Waals surface area contributed by atoms with Crippen molar-refractivity contribution in [2.75, 3.05) is 13.1 Å². The van der Waals surface area contributed by atoms with Gasteiger partial charge in [-0.2, -0.15) is 0 Å². The van der Waals surface area contributed by atoms with E-state index < -0.39 is 0 Å². The van der Waals surface area contributed by atoms with Crippen LogP contribution in [-0.4, -0.2) is 13.1 Å². The van der Waals surface area contributed by atoms with Crippen molar-refractivity contribution >= 4 is 0 Å². The summed E-state index contributed by atoms with van der Waals surface area (Å²) in [5, 5.41) is 3.67. The second kappa shape index (κ2) is 7.53. The third kappa shape index (κ3) is 4.57. The highest BCUT2D eigenvalue weighted by atomic mass is 14.9. The van der Waals surface area contributed by atoms with E-state index in [0.29, 0.717) is 5.41 Å². The van der Waals surface area contributed by atoms with Crippen molar-refractivity contribution in [1.29, 1.82) is 0 Å². The molecule has 0 amide bonds. The molecular formula is C17H35N. The van der Waals surface area contributed by atoms with Crippen LogP contribution >= 0.6 is 0 Å². The van der Waals surface area contributed by atoms with E-state index in [2.05, 4.69) is 39.9 Å². The zero-order chi connectivity index (χ0) is 13.6. The maximum Gasteiger partial charge on any atom is -0.00178 e. The van der Waals surface area contributed by atoms with Crippen LogP contribution in [0.25, 0.3) is 0 Å². The molecule has 1 aliphatic carbocycles. The zero-order valence-corrected chi connectivity index (χ0v) is 13.4. The molecule has 0 aromatic carbocycles. The first-order chi connectivity index (χ1) is 8.54. The lowest BCUT2D eigenvalue weighted by molar-refractivity contribution is 0.0695. The van der Waals surface area contributed by atoms with Crippen LogP contribution in [0.2, 0.25) is 0 Å². The summed E-state index contributed by atoms with van der Waals surface area (Å²) in [7, 11) is 0. The van der Waals surface area contributed by atoms with E-state index in [-0.39, 0.29) is 0 Å². The minimum absolute atomic E-state index is 0.578. The van der Waals surface area contributed by atoms with E-state index in [0.717, 1.165) is 17.8 Å². The maximum absolute atomic E-state index is 3.67. The highest BCUT2D eigenvalue weighted by Gasteiger charge is 2.37. The number of hydrogen-bond donors (Lipinski definition) is 1. The van der Waals surface area contributed by atoms with Crippen molar-refractivity contribution in [2.24, 2.45) is 23.2 Å². The number of rotatable bonds is 7. The minimum Gasteiger partial charge on any atom is -0.316 e. The second-order valence-electron chi connectivity index (χ2n) is 7.11. The van der Waals surface area contributed by atoms with Gasteiger partial charge in [0.2, 0.25) is 0 Å². The molecule has 0 aromatic rings. The lowest BCUT2D eigenvalue weighted by atomic mass is 9.62. The largest absolute Gasteiger partial charge is 0.316 e. The smallest absolute Gasteiger partial charge is 0.00178 e. The van der Waals surface area contributed by atoms with Crippen LogP contribution in [0.4, 0.5) is 0 Å². The molecule has 0 heterocycles. The van der Waals surface area contributed by atoms with E-state index in [1.54, 1.807) is 0 Å². The van der Waals surface area contributed by atoms with Gasteiger partial charge < -0.3 is 5.32 Å². The van der Waals surface area contributed by atoms with Gasteiger partial charge in [-0.15, -0.1) is 0 Å². The molecule has 1 nitrogen and oxygen atoms in total. The van der Waals surface area contributed by atoms with Gasteiger partial charge in [0.05, 0.1) is 0 Å². The van der Waals surface area contributed by atoms with Crippen molar-refractivity contribution < 1.29 is 0 Å². The average molecular weight is 253 g/mol. The normalized spacial score (nSPS) is 27.7. The van der Waals surface area contributed by atoms with Crippen molar-refractivity contribution in [2.45, 2.75) is 73.1 Å². The molecule has 2 unspecified atom stereocenters. The molecule has 1 N–H and O–H groups in total. The quantitative estimate of drug-likeness (QED) is 0.639. The first-order valence-corrected chi connectivity index (χ1v) is 8.24. The molecule has 0 aliphatic heterocycles. The number of hydrogen-bond acceptors (Lipinski definition) is 1. The Balaban J connectivity index is 2.61. The van der Waals surface area contributed by atoms with Crippen LogP contribution in [0.5, 0.6) is 0 Å². The van der Waals surface area contributed by atoms with Gasteiger partial charge in [-0.1, -0.05) is 47.5 Å². The van der Waals surface area contributed by atoms with Crippen LogP contribution in [0, 0.1) is 23.2 Å². The maximum atomic E-state index is 3.67. The monoisotopic (exact) mass is 253 g/mol. The Labute approximate surface area is 115 Å². The first kappa shape index (κ1) is 16.0. The molecule has 1 heteroatoms. The topological polar surface area (TPSA) is 12.0 Å². The van der Waals surface area contributed by atoms with Crippen LogP contribution in [0.3, 0.4) is 0 Å². The first-order valence-electron chi connectivity index (χ1n) is 8.24. The molecule has 1 rings (SSSR count). The summed E-state index contributed by atoms with van der Waals surface area (Å²) in [6.07, 6.45) is 8.28. The summed E-state index contributed by atoms with van der Waals surface area (Å²) in [5.74, 6) is 2.82. The van der Waals surface area contributed by atoms with Crippen molar-refractivity contribution in [1.82, 2.24) is 5.32 Å². The van der Waals surface area contributed by atoms with Gasteiger partial charge in [0.15, 0.2) is 0 Å². The fourth-order valence-corrected chi connectivity index (χ4v) is 3.86. The third-order valence-electron chi connectivity index (χ3n) is 5.07. The van der Waals surface area contributed by atoms with Crippen molar-refractivity contribution in [3.05, 3.63) is 0 Å². The van der Waals surface area contributed by atoms with Crippen LogP contribution in [-0.2, 0) is 0 Å². The van der Waals surface area contributed by atoms with Crippen LogP contribution in [0.15, 0.2) is 0 Å². The summed E-state index contributed by atoms with van der Waals surface area (Å²) in [6.45, 7) is 14.4. The molecule has 18 heavy (non-hydrogen) atoms. The van der Waals surface area contributed by atoms with Crippen molar-refractivity contribution in [3.63, 3.8) is 0 Å². The molecule has 1 saturated carbocycles. The Morgan fingerprint density at radius 2 is 1.83 bits per heavy atom. The molecule has 2 atom stereocenters. The molecule has 1 fully saturated rings. The Morgan fingerprint density at radius 1 is 1.17 bits per heavy atom. The van der Waals surface area contributed by atoms with Gasteiger partial charge in [-0.3, -0.25) is 0 Å². The molecule has 0 spiro atoms. The van der Waals surface area contributed by atoms with E-state index in [1.807, 2.05) is 0 Å². The molecular weight excluding hydrogens is 218 g/mol. The van der Waals surface area contributed by atoms with Gasteiger partial charge in [0.25, 0.3) is 0 Å². The molecule has 0 aromatic heterocycles. The van der Waals surface area contributed by atoms with E-state index in [1.165, 1.54) is 51.6 Å². The number of nitrogens with one attached hydrogen (secondary N) is 1. The van der Waals surface area contributed by atoms with Gasteiger partial charge >= 0.3 is 0 Å². The minimum atomic E-state index is 0.578. The highest BCUT2D eigenvalue weighted by molar-refractivity contribution is 4.88. The van der Waals surface area contributed by atoms with Gasteiger partial charge in [0, 0.05) is 0 Å². The Bertz CT molecular complexity index is 218. The molecule has 1 aliphatic rings. The van der Waals surface area contributed by atoms with Crippen LogP contribution < -0.4 is 5.32 Å². The fourth-order valence-electron chi connectivity index (χ4n) is 3.86. The predicted octanol–water partition coefficient (Wildman–Crippen LogP) is 4.86. The Morgan fingerprint density at radius 3 is 2.39 bits per heavy atom. The summed E-state index contributed by atoms with van der Waals surface area (Å²) in [6, 6.07) is 0. The highest BCUT2D eigenvalue weighted by Crippen LogP contribution is 2.46. The van der Waals surface area contributed by atoms with E-state index in [4.69, 9.17) is 0 Å². The second-order valence-corrected chi connectivity index (χ2v) is 7.11. The average Bonchev–Trinajstić information content (AvgIpc) is 2.33. The van der Waals surface area contributed by atoms with Gasteiger partial charge in [-0.05, 0) is 61.9 Å². The third-order valence-corrected chi connectivity index (χ3v) is 5.07. The van der Waals surface area contributed by atoms with Gasteiger partial charge in [-0.25, -0.2) is 0 Å². The summed E-state index contributed by atoms with van der Waals surface area (Å²) in [4.78, 5) is 0. The Kier molecular flexibility index (Phi) is 6.70. The molecule has 0 bridgehead atoms. The van der Waals surface area contributed by atoms with E-state index in [9.17, 15) is 0 Å². The van der Waals surface area contributed by atoms with Gasteiger partial charge in [0.1, 0.15) is 0 Å². The molecule has 0 radical (unpaired) electrons. The van der Waals surface area contributed by atoms with E-state index >= 15 is 0 Å². The van der Waals surface area contributed by atoms with Crippen molar-refractivity contribution in [3.8, 4) is 0 Å². The standard InChI is InChI=1S/C17H35N/c1-6-11-18-13-15-9-10-17(4,5)12-16(15)14(7-2)8-3/h14-16,18H,6-13H2,1-5H3. The lowest BCUT2D eigenvalue weighted by Crippen LogP contribution is -2.39. The molecule has 0 saturated heterocycles. The summed E-state index contributed by atoms with van der Waals surface area (Å²) >= 11 is 0. The van der Waals surface area contributed by atoms with Crippen LogP contribution in [0.1, 0.15) is 73.1 Å². The molecule has 108 valence electrons. The Hall–Kier alpha value is -0.0400. The zero-order valence-electron chi connectivity index (χ0n) is 13.4. The SMILES string of the molecule is CCCNCC1CCC(C)(C)CC1C(CC)CC. The lowest BCUT2D eigenvalue weighted by Gasteiger charge is -2.44. The summed E-state index contributed by atoms with van der Waals surface area (Å²) in [5.41, 5.74) is 0.578. The predicted molar refractivity (Wildman–Crippen MR) is 81.8 cm³/mol. The summed E-state index contributed by atoms with van der Waals surface area (Å²) < 4.78 is 0.